The highest BCUT2D eigenvalue weighted by Crippen LogP contribution is 2.14. The molecule has 0 atom stereocenters. The summed E-state index contributed by atoms with van der Waals surface area (Å²) in [4.78, 5) is 8.21. The normalized spacial score (nSPS) is 10.2. The summed E-state index contributed by atoms with van der Waals surface area (Å²) in [6.45, 7) is 2.20. The van der Waals surface area contributed by atoms with Gasteiger partial charge in [0.05, 0.1) is 18.1 Å². The summed E-state index contributed by atoms with van der Waals surface area (Å²) in [5.74, 6) is 1.09. The van der Waals surface area contributed by atoms with Gasteiger partial charge in [-0.05, 0) is 6.42 Å². The number of nitrogens with two attached hydrogens (primary N) is 1. The van der Waals surface area contributed by atoms with Crippen LogP contribution in [0.3, 0.4) is 0 Å². The monoisotopic (exact) mass is 197 g/mol. The highest BCUT2D eigenvalue weighted by Gasteiger charge is 1.95. The van der Waals surface area contributed by atoms with Crippen LogP contribution in [0, 0.1) is 0 Å². The van der Waals surface area contributed by atoms with Gasteiger partial charge in [-0.15, -0.1) is 0 Å². The van der Waals surface area contributed by atoms with Crippen molar-refractivity contribution in [1.82, 2.24) is 9.97 Å². The Morgan fingerprint density at radius 1 is 1.31 bits per heavy atom. The number of hydrogen-bond donors (Lipinski definition) is 1. The Kier molecular flexibility index (Phi) is 4.60. The summed E-state index contributed by atoms with van der Waals surface area (Å²) in [6, 6.07) is 0. The summed E-state index contributed by atoms with van der Waals surface area (Å²) in [7, 11) is 0. The molecule has 0 saturated heterocycles. The second-order valence-corrected chi connectivity index (χ2v) is 3.92. The average Bonchev–Trinajstić information content (AvgIpc) is 2.15. The van der Waals surface area contributed by atoms with Crippen LogP contribution >= 0.6 is 11.8 Å². The number of nitrogens with zero attached hydrogens (tertiary/aromatic N) is 2. The molecule has 3 nitrogen and oxygen atoms in total. The summed E-state index contributed by atoms with van der Waals surface area (Å²) in [5.41, 5.74) is 6.09. The molecule has 0 fully saturated rings. The van der Waals surface area contributed by atoms with Gasteiger partial charge in [0.15, 0.2) is 5.16 Å². The van der Waals surface area contributed by atoms with Gasteiger partial charge in [0, 0.05) is 5.75 Å². The minimum absolute atomic E-state index is 0.623. The SMILES string of the molecule is CCCCCSc1ncc(N)cn1. The smallest absolute Gasteiger partial charge is 0.187 e. The van der Waals surface area contributed by atoms with Crippen LogP contribution in [0.2, 0.25) is 0 Å². The van der Waals surface area contributed by atoms with E-state index in [-0.39, 0.29) is 0 Å². The molecule has 0 spiro atoms. The third-order valence-electron chi connectivity index (χ3n) is 1.63. The molecule has 0 aliphatic heterocycles. The second-order valence-electron chi connectivity index (χ2n) is 2.85. The van der Waals surface area contributed by atoms with Crippen molar-refractivity contribution in [3.05, 3.63) is 12.4 Å². The zero-order valence-corrected chi connectivity index (χ0v) is 8.68. The van der Waals surface area contributed by atoms with E-state index >= 15 is 0 Å². The fourth-order valence-corrected chi connectivity index (χ4v) is 1.70. The van der Waals surface area contributed by atoms with Gasteiger partial charge in [0.25, 0.3) is 0 Å². The Hall–Kier alpha value is -0.770. The van der Waals surface area contributed by atoms with Crippen molar-refractivity contribution in [1.29, 1.82) is 0 Å². The Balaban J connectivity index is 2.25. The second kappa shape index (κ2) is 5.80. The summed E-state index contributed by atoms with van der Waals surface area (Å²) >= 11 is 1.69. The Labute approximate surface area is 83.2 Å². The van der Waals surface area contributed by atoms with Gasteiger partial charge in [-0.3, -0.25) is 0 Å². The van der Waals surface area contributed by atoms with Crippen LogP contribution in [0.25, 0.3) is 0 Å². The molecule has 0 radical (unpaired) electrons. The maximum Gasteiger partial charge on any atom is 0.187 e. The molecule has 0 aromatic carbocycles. The molecule has 1 rings (SSSR count). The maximum absolute atomic E-state index is 5.47. The quantitative estimate of drug-likeness (QED) is 0.447. The molecule has 0 aliphatic rings. The van der Waals surface area contributed by atoms with Crippen molar-refractivity contribution in [2.45, 2.75) is 31.3 Å². The van der Waals surface area contributed by atoms with Crippen LogP contribution < -0.4 is 5.73 Å². The lowest BCUT2D eigenvalue weighted by molar-refractivity contribution is 0.777. The van der Waals surface area contributed by atoms with Crippen molar-refractivity contribution >= 4 is 17.4 Å². The van der Waals surface area contributed by atoms with Gasteiger partial charge in [0.1, 0.15) is 0 Å². The number of thioether (sulfide) groups is 1. The Morgan fingerprint density at radius 3 is 2.62 bits per heavy atom. The molecule has 0 aliphatic carbocycles. The topological polar surface area (TPSA) is 51.8 Å². The summed E-state index contributed by atoms with van der Waals surface area (Å²) in [5, 5.41) is 0.824. The van der Waals surface area contributed by atoms with E-state index in [1.165, 1.54) is 19.3 Å². The van der Waals surface area contributed by atoms with Crippen LogP contribution in [0.1, 0.15) is 26.2 Å². The van der Waals surface area contributed by atoms with E-state index in [4.69, 9.17) is 5.73 Å². The number of anilines is 1. The highest BCUT2D eigenvalue weighted by atomic mass is 32.2. The molecular formula is C9H15N3S. The van der Waals surface area contributed by atoms with Gasteiger partial charge in [-0.2, -0.15) is 0 Å². The Morgan fingerprint density at radius 2 is 2.00 bits per heavy atom. The van der Waals surface area contributed by atoms with Crippen molar-refractivity contribution in [3.63, 3.8) is 0 Å². The van der Waals surface area contributed by atoms with Crippen LogP contribution in [-0.2, 0) is 0 Å². The van der Waals surface area contributed by atoms with E-state index in [0.29, 0.717) is 5.69 Å². The Bertz CT molecular complexity index is 235. The molecule has 1 aromatic heterocycles. The third-order valence-corrected chi connectivity index (χ3v) is 2.59. The molecule has 0 saturated carbocycles. The minimum atomic E-state index is 0.623. The third kappa shape index (κ3) is 4.12. The van der Waals surface area contributed by atoms with E-state index in [0.717, 1.165) is 10.9 Å². The van der Waals surface area contributed by atoms with Crippen molar-refractivity contribution in [3.8, 4) is 0 Å². The molecule has 1 aromatic rings. The molecule has 0 unspecified atom stereocenters. The zero-order chi connectivity index (χ0) is 9.52. The average molecular weight is 197 g/mol. The number of aromatic nitrogens is 2. The first kappa shape index (κ1) is 10.3. The lowest BCUT2D eigenvalue weighted by Gasteiger charge is -1.98. The zero-order valence-electron chi connectivity index (χ0n) is 7.86. The van der Waals surface area contributed by atoms with E-state index in [2.05, 4.69) is 16.9 Å². The van der Waals surface area contributed by atoms with Crippen LogP contribution in [-0.4, -0.2) is 15.7 Å². The molecule has 0 amide bonds. The van der Waals surface area contributed by atoms with E-state index in [1.54, 1.807) is 24.2 Å². The van der Waals surface area contributed by atoms with Crippen molar-refractivity contribution < 1.29 is 0 Å². The molecule has 4 heteroatoms. The van der Waals surface area contributed by atoms with Crippen LogP contribution in [0.4, 0.5) is 5.69 Å². The first-order chi connectivity index (χ1) is 6.33. The minimum Gasteiger partial charge on any atom is -0.396 e. The fraction of sp³-hybridized carbons (Fsp3) is 0.556. The predicted octanol–water partition coefficient (Wildman–Crippen LogP) is 2.34. The van der Waals surface area contributed by atoms with E-state index < -0.39 is 0 Å². The first-order valence-corrected chi connectivity index (χ1v) is 5.52. The standard InChI is InChI=1S/C9H15N3S/c1-2-3-4-5-13-9-11-6-8(10)7-12-9/h6-7H,2-5,10H2,1H3. The molecule has 13 heavy (non-hydrogen) atoms. The van der Waals surface area contributed by atoms with Crippen molar-refractivity contribution in [2.75, 3.05) is 11.5 Å². The summed E-state index contributed by atoms with van der Waals surface area (Å²) < 4.78 is 0. The van der Waals surface area contributed by atoms with Crippen LogP contribution in [0.15, 0.2) is 17.6 Å². The lowest BCUT2D eigenvalue weighted by Crippen LogP contribution is -1.91. The largest absolute Gasteiger partial charge is 0.396 e. The predicted molar refractivity (Wildman–Crippen MR) is 56.7 cm³/mol. The van der Waals surface area contributed by atoms with E-state index in [9.17, 15) is 0 Å². The maximum atomic E-state index is 5.47. The number of unbranched alkanes of at least 4 members (excludes halogenated alkanes) is 2. The molecule has 1 heterocycles. The summed E-state index contributed by atoms with van der Waals surface area (Å²) in [6.07, 6.45) is 7.06. The molecule has 2 N–H and O–H groups in total. The molecular weight excluding hydrogens is 182 g/mol. The molecule has 72 valence electrons. The van der Waals surface area contributed by atoms with Gasteiger partial charge >= 0.3 is 0 Å². The van der Waals surface area contributed by atoms with E-state index in [1.807, 2.05) is 0 Å². The number of rotatable bonds is 5. The van der Waals surface area contributed by atoms with Crippen molar-refractivity contribution in [2.24, 2.45) is 0 Å². The lowest BCUT2D eigenvalue weighted by atomic mass is 10.3. The van der Waals surface area contributed by atoms with Gasteiger partial charge in [-0.25, -0.2) is 9.97 Å². The first-order valence-electron chi connectivity index (χ1n) is 4.53. The number of nitrogen functional groups attached to an aromatic ring is 1. The molecule has 0 bridgehead atoms. The number of hydrogen-bond acceptors (Lipinski definition) is 4. The van der Waals surface area contributed by atoms with Crippen LogP contribution in [0.5, 0.6) is 0 Å². The van der Waals surface area contributed by atoms with Gasteiger partial charge in [-0.1, -0.05) is 31.5 Å². The van der Waals surface area contributed by atoms with Gasteiger partial charge in [0.2, 0.25) is 0 Å². The highest BCUT2D eigenvalue weighted by molar-refractivity contribution is 7.99. The van der Waals surface area contributed by atoms with Gasteiger partial charge < -0.3 is 5.73 Å². The fourth-order valence-electron chi connectivity index (χ4n) is 0.916.